The molecule has 1 aromatic rings. The first-order valence-corrected chi connectivity index (χ1v) is 6.32. The van der Waals surface area contributed by atoms with Crippen LogP contribution in [0.4, 0.5) is 0 Å². The maximum Gasteiger partial charge on any atom is 0.254 e. The number of hydrogen-bond donors (Lipinski definition) is 2. The summed E-state index contributed by atoms with van der Waals surface area (Å²) in [5.41, 5.74) is 0.175. The van der Waals surface area contributed by atoms with Crippen LogP contribution in [0.1, 0.15) is 54.9 Å². The standard InChI is InChI=1S/C14H19NO2/c1-2-3-4-7-10-14(17)12-9-6-5-8-11(12)13(16)15-14/h5-6,8-9,17H,2-4,7,10H2,1H3,(H,15,16). The minimum atomic E-state index is -1.15. The van der Waals surface area contributed by atoms with Gasteiger partial charge >= 0.3 is 0 Å². The SMILES string of the molecule is CCCCCCC1(O)NC(=O)c2ccccc21. The van der Waals surface area contributed by atoms with Gasteiger partial charge in [0.05, 0.1) is 0 Å². The molecular formula is C14H19NO2. The molecule has 0 aromatic heterocycles. The molecule has 1 atom stereocenters. The van der Waals surface area contributed by atoms with Crippen molar-refractivity contribution in [2.45, 2.75) is 44.8 Å². The maximum absolute atomic E-state index is 11.7. The van der Waals surface area contributed by atoms with Crippen molar-refractivity contribution in [3.63, 3.8) is 0 Å². The lowest BCUT2D eigenvalue weighted by Gasteiger charge is -2.23. The third kappa shape index (κ3) is 2.34. The van der Waals surface area contributed by atoms with Gasteiger partial charge < -0.3 is 10.4 Å². The van der Waals surface area contributed by atoms with Crippen LogP contribution in [-0.2, 0) is 5.72 Å². The molecule has 0 spiro atoms. The second-order valence-corrected chi connectivity index (χ2v) is 4.67. The average Bonchev–Trinajstić information content (AvgIpc) is 2.59. The third-order valence-electron chi connectivity index (χ3n) is 3.33. The molecule has 0 saturated carbocycles. The van der Waals surface area contributed by atoms with Crippen LogP contribution in [-0.4, -0.2) is 11.0 Å². The van der Waals surface area contributed by atoms with Crippen molar-refractivity contribution < 1.29 is 9.90 Å². The molecule has 1 heterocycles. The summed E-state index contributed by atoms with van der Waals surface area (Å²) < 4.78 is 0. The van der Waals surface area contributed by atoms with E-state index in [1.165, 1.54) is 12.8 Å². The molecule has 1 aliphatic heterocycles. The Morgan fingerprint density at radius 3 is 2.76 bits per heavy atom. The van der Waals surface area contributed by atoms with Crippen LogP contribution < -0.4 is 5.32 Å². The van der Waals surface area contributed by atoms with Crippen molar-refractivity contribution in [2.75, 3.05) is 0 Å². The highest BCUT2D eigenvalue weighted by atomic mass is 16.3. The van der Waals surface area contributed by atoms with Gasteiger partial charge in [-0.1, -0.05) is 44.4 Å². The van der Waals surface area contributed by atoms with Gasteiger partial charge in [-0.3, -0.25) is 4.79 Å². The van der Waals surface area contributed by atoms with E-state index in [1.807, 2.05) is 18.2 Å². The molecule has 0 bridgehead atoms. The van der Waals surface area contributed by atoms with Crippen LogP contribution in [0.5, 0.6) is 0 Å². The molecule has 2 rings (SSSR count). The van der Waals surface area contributed by atoms with Crippen molar-refractivity contribution >= 4 is 5.91 Å². The molecule has 3 nitrogen and oxygen atoms in total. The quantitative estimate of drug-likeness (QED) is 0.768. The summed E-state index contributed by atoms with van der Waals surface area (Å²) in [5, 5.41) is 13.2. The van der Waals surface area contributed by atoms with Crippen molar-refractivity contribution in [2.24, 2.45) is 0 Å². The highest BCUT2D eigenvalue weighted by Gasteiger charge is 2.40. The number of rotatable bonds is 5. The van der Waals surface area contributed by atoms with E-state index >= 15 is 0 Å². The van der Waals surface area contributed by atoms with E-state index in [-0.39, 0.29) is 5.91 Å². The number of hydrogen-bond acceptors (Lipinski definition) is 2. The molecule has 1 aromatic carbocycles. The van der Waals surface area contributed by atoms with Crippen molar-refractivity contribution in [3.8, 4) is 0 Å². The predicted molar refractivity (Wildman–Crippen MR) is 66.6 cm³/mol. The third-order valence-corrected chi connectivity index (χ3v) is 3.33. The summed E-state index contributed by atoms with van der Waals surface area (Å²) in [5.74, 6) is -0.168. The molecule has 3 heteroatoms. The fourth-order valence-electron chi connectivity index (χ4n) is 2.37. The molecule has 92 valence electrons. The van der Waals surface area contributed by atoms with E-state index in [2.05, 4.69) is 12.2 Å². The lowest BCUT2D eigenvalue weighted by molar-refractivity contribution is 0.00322. The predicted octanol–water partition coefficient (Wildman–Crippen LogP) is 2.55. The van der Waals surface area contributed by atoms with Crippen LogP contribution >= 0.6 is 0 Å². The first-order chi connectivity index (χ1) is 8.17. The van der Waals surface area contributed by atoms with Gasteiger partial charge in [0.2, 0.25) is 0 Å². The van der Waals surface area contributed by atoms with E-state index in [9.17, 15) is 9.90 Å². The minimum Gasteiger partial charge on any atom is -0.367 e. The Morgan fingerprint density at radius 1 is 1.24 bits per heavy atom. The van der Waals surface area contributed by atoms with E-state index in [4.69, 9.17) is 0 Å². The largest absolute Gasteiger partial charge is 0.367 e. The molecule has 1 aliphatic rings. The summed E-state index contributed by atoms with van der Waals surface area (Å²) in [6, 6.07) is 7.26. The Labute approximate surface area is 102 Å². The van der Waals surface area contributed by atoms with Crippen molar-refractivity contribution in [1.82, 2.24) is 5.32 Å². The highest BCUT2D eigenvalue weighted by Crippen LogP contribution is 2.32. The number of nitrogens with one attached hydrogen (secondary N) is 1. The second-order valence-electron chi connectivity index (χ2n) is 4.67. The molecule has 0 radical (unpaired) electrons. The second kappa shape index (κ2) is 4.88. The van der Waals surface area contributed by atoms with Crippen LogP contribution in [0.2, 0.25) is 0 Å². The normalized spacial score (nSPS) is 22.4. The summed E-state index contributed by atoms with van der Waals surface area (Å²) in [7, 11) is 0. The molecule has 2 N–H and O–H groups in total. The van der Waals surface area contributed by atoms with E-state index in [0.717, 1.165) is 18.4 Å². The van der Waals surface area contributed by atoms with Gasteiger partial charge in [0.25, 0.3) is 5.91 Å². The zero-order valence-electron chi connectivity index (χ0n) is 10.2. The number of unbranched alkanes of at least 4 members (excludes halogenated alkanes) is 3. The first-order valence-electron chi connectivity index (χ1n) is 6.32. The Morgan fingerprint density at radius 2 is 2.00 bits per heavy atom. The highest BCUT2D eigenvalue weighted by molar-refractivity contribution is 5.99. The van der Waals surface area contributed by atoms with E-state index in [0.29, 0.717) is 12.0 Å². The summed E-state index contributed by atoms with van der Waals surface area (Å²) in [4.78, 5) is 11.7. The fourth-order valence-corrected chi connectivity index (χ4v) is 2.37. The van der Waals surface area contributed by atoms with Crippen molar-refractivity contribution in [1.29, 1.82) is 0 Å². The maximum atomic E-state index is 11.7. The Bertz CT molecular complexity index is 416. The molecule has 0 fully saturated rings. The van der Waals surface area contributed by atoms with Crippen LogP contribution in [0.25, 0.3) is 0 Å². The summed E-state index contributed by atoms with van der Waals surface area (Å²) in [6.07, 6.45) is 4.96. The molecule has 1 amide bonds. The number of fused-ring (bicyclic) bond motifs is 1. The molecule has 0 saturated heterocycles. The smallest absolute Gasteiger partial charge is 0.254 e. The van der Waals surface area contributed by atoms with Crippen molar-refractivity contribution in [3.05, 3.63) is 35.4 Å². The molecule has 1 unspecified atom stereocenters. The molecule has 0 aliphatic carbocycles. The number of carbonyl (C=O) groups excluding carboxylic acids is 1. The van der Waals surface area contributed by atoms with Gasteiger partial charge in [-0.2, -0.15) is 0 Å². The van der Waals surface area contributed by atoms with Gasteiger partial charge in [-0.05, 0) is 18.9 Å². The molecule has 17 heavy (non-hydrogen) atoms. The Kier molecular flexibility index (Phi) is 3.48. The zero-order valence-corrected chi connectivity index (χ0v) is 10.2. The minimum absolute atomic E-state index is 0.168. The number of carbonyl (C=O) groups is 1. The number of benzene rings is 1. The van der Waals surface area contributed by atoms with Crippen LogP contribution in [0, 0.1) is 0 Å². The van der Waals surface area contributed by atoms with Gasteiger partial charge in [0, 0.05) is 11.1 Å². The monoisotopic (exact) mass is 233 g/mol. The number of aliphatic hydroxyl groups is 1. The average molecular weight is 233 g/mol. The van der Waals surface area contributed by atoms with E-state index < -0.39 is 5.72 Å². The first kappa shape index (κ1) is 12.1. The topological polar surface area (TPSA) is 49.3 Å². The summed E-state index contributed by atoms with van der Waals surface area (Å²) >= 11 is 0. The molecular weight excluding hydrogens is 214 g/mol. The van der Waals surface area contributed by atoms with E-state index in [1.54, 1.807) is 6.07 Å². The van der Waals surface area contributed by atoms with Gasteiger partial charge in [0.1, 0.15) is 0 Å². The van der Waals surface area contributed by atoms with Gasteiger partial charge in [-0.15, -0.1) is 0 Å². The fraction of sp³-hybridized carbons (Fsp3) is 0.500. The zero-order chi connectivity index (χ0) is 12.3. The lowest BCUT2D eigenvalue weighted by atomic mass is 9.96. The van der Waals surface area contributed by atoms with Crippen LogP contribution in [0.15, 0.2) is 24.3 Å². The lowest BCUT2D eigenvalue weighted by Crippen LogP contribution is -2.39. The summed E-state index contributed by atoms with van der Waals surface area (Å²) in [6.45, 7) is 2.15. The van der Waals surface area contributed by atoms with Gasteiger partial charge in [0.15, 0.2) is 5.72 Å². The van der Waals surface area contributed by atoms with Crippen LogP contribution in [0.3, 0.4) is 0 Å². The van der Waals surface area contributed by atoms with Gasteiger partial charge in [-0.25, -0.2) is 0 Å². The Balaban J connectivity index is 2.09. The Hall–Kier alpha value is -1.35. The number of amides is 1.